The Hall–Kier alpha value is -2.15. The zero-order valence-electron chi connectivity index (χ0n) is 11.5. The van der Waals surface area contributed by atoms with E-state index in [-0.39, 0.29) is 17.4 Å². The molecule has 108 valence electrons. The van der Waals surface area contributed by atoms with Gasteiger partial charge in [-0.3, -0.25) is 9.59 Å². The summed E-state index contributed by atoms with van der Waals surface area (Å²) < 4.78 is 4.70. The summed E-state index contributed by atoms with van der Waals surface area (Å²) in [6.45, 7) is 1.47. The van der Waals surface area contributed by atoms with Crippen LogP contribution < -0.4 is 10.9 Å². The van der Waals surface area contributed by atoms with Crippen LogP contribution in [0.4, 0.5) is 0 Å². The van der Waals surface area contributed by atoms with Crippen molar-refractivity contribution >= 4 is 11.8 Å². The summed E-state index contributed by atoms with van der Waals surface area (Å²) in [5.41, 5.74) is -0.245. The number of carbonyl (C=O) groups excluding carboxylic acids is 2. The molecule has 7 nitrogen and oxygen atoms in total. The molecule has 0 bridgehead atoms. The molecule has 1 saturated heterocycles. The smallest absolute Gasteiger partial charge is 0.335 e. The average Bonchev–Trinajstić information content (AvgIpc) is 2.46. The van der Waals surface area contributed by atoms with Gasteiger partial charge in [0.05, 0.1) is 5.56 Å². The van der Waals surface area contributed by atoms with Crippen molar-refractivity contribution in [2.24, 2.45) is 0 Å². The van der Waals surface area contributed by atoms with Gasteiger partial charge < -0.3 is 19.5 Å². The number of carbonyl (C=O) groups is 2. The Morgan fingerprint density at radius 2 is 2.15 bits per heavy atom. The minimum Gasteiger partial charge on any atom is -0.430 e. The second-order valence-electron chi connectivity index (χ2n) is 4.79. The van der Waals surface area contributed by atoms with E-state index in [1.54, 1.807) is 14.1 Å². The molecule has 1 N–H and O–H groups in total. The zero-order chi connectivity index (χ0) is 14.7. The average molecular weight is 279 g/mol. The fraction of sp³-hybridized carbons (Fsp3) is 0.462. The molecule has 0 spiro atoms. The van der Waals surface area contributed by atoms with Crippen LogP contribution in [0.3, 0.4) is 0 Å². The van der Waals surface area contributed by atoms with E-state index in [2.05, 4.69) is 5.32 Å². The molecular formula is C13H17N3O4. The van der Waals surface area contributed by atoms with E-state index in [9.17, 15) is 14.4 Å². The van der Waals surface area contributed by atoms with Gasteiger partial charge in [0.2, 0.25) is 5.91 Å². The molecule has 0 radical (unpaired) electrons. The number of rotatable bonds is 2. The third kappa shape index (κ3) is 2.88. The highest BCUT2D eigenvalue weighted by molar-refractivity contribution is 5.97. The fourth-order valence-electron chi connectivity index (χ4n) is 2.11. The molecule has 0 saturated carbocycles. The van der Waals surface area contributed by atoms with E-state index in [4.69, 9.17) is 4.42 Å². The summed E-state index contributed by atoms with van der Waals surface area (Å²) in [5.74, 6) is -0.446. The van der Waals surface area contributed by atoms with Gasteiger partial charge in [-0.2, -0.15) is 0 Å². The largest absolute Gasteiger partial charge is 0.430 e. The lowest BCUT2D eigenvalue weighted by molar-refractivity contribution is -0.134. The number of amides is 2. The first-order valence-electron chi connectivity index (χ1n) is 6.32. The lowest BCUT2D eigenvalue weighted by Gasteiger charge is -2.36. The molecular weight excluding hydrogens is 262 g/mol. The highest BCUT2D eigenvalue weighted by Crippen LogP contribution is 2.11. The third-order valence-electron chi connectivity index (χ3n) is 3.18. The topological polar surface area (TPSA) is 82.9 Å². The molecule has 2 amide bonds. The Bertz CT molecular complexity index is 546. The van der Waals surface area contributed by atoms with E-state index in [1.807, 2.05) is 0 Å². The van der Waals surface area contributed by atoms with Gasteiger partial charge in [0.25, 0.3) is 5.91 Å². The van der Waals surface area contributed by atoms with Crippen molar-refractivity contribution in [3.8, 4) is 0 Å². The quantitative estimate of drug-likeness (QED) is 0.762. The SMILES string of the molecule is CN(C)C(=O)C1CNCCN1C(=O)c1ccc(=O)oc1. The minimum atomic E-state index is -0.543. The van der Waals surface area contributed by atoms with Crippen LogP contribution in [0.5, 0.6) is 0 Å². The van der Waals surface area contributed by atoms with E-state index in [1.165, 1.54) is 21.9 Å². The monoisotopic (exact) mass is 279 g/mol. The first-order chi connectivity index (χ1) is 9.50. The summed E-state index contributed by atoms with van der Waals surface area (Å²) in [6, 6.07) is 2.06. The Morgan fingerprint density at radius 3 is 2.75 bits per heavy atom. The maximum atomic E-state index is 12.4. The molecule has 0 aliphatic carbocycles. The van der Waals surface area contributed by atoms with Crippen LogP contribution in [-0.2, 0) is 4.79 Å². The predicted octanol–water partition coefficient (Wildman–Crippen LogP) is -0.858. The van der Waals surface area contributed by atoms with Gasteiger partial charge in [-0.1, -0.05) is 0 Å². The van der Waals surface area contributed by atoms with Crippen LogP contribution in [0, 0.1) is 0 Å². The van der Waals surface area contributed by atoms with Gasteiger partial charge in [0, 0.05) is 39.8 Å². The molecule has 1 aromatic rings. The summed E-state index contributed by atoms with van der Waals surface area (Å²) in [4.78, 5) is 38.4. The number of hydrogen-bond acceptors (Lipinski definition) is 5. The summed E-state index contributed by atoms with van der Waals surface area (Å²) in [5, 5.41) is 3.10. The van der Waals surface area contributed by atoms with E-state index in [0.29, 0.717) is 19.6 Å². The summed E-state index contributed by atoms with van der Waals surface area (Å²) in [7, 11) is 3.31. The Labute approximate surface area is 116 Å². The van der Waals surface area contributed by atoms with Crippen LogP contribution in [0.2, 0.25) is 0 Å². The van der Waals surface area contributed by atoms with Gasteiger partial charge in [-0.15, -0.1) is 0 Å². The van der Waals surface area contributed by atoms with E-state index < -0.39 is 11.7 Å². The Balaban J connectivity index is 2.23. The summed E-state index contributed by atoms with van der Waals surface area (Å²) in [6.07, 6.45) is 1.13. The standard InChI is InChI=1S/C13H17N3O4/c1-15(2)13(19)10-7-14-5-6-16(10)12(18)9-3-4-11(17)20-8-9/h3-4,8,10,14H,5-7H2,1-2H3. The van der Waals surface area contributed by atoms with Crippen molar-refractivity contribution in [3.05, 3.63) is 34.4 Å². The van der Waals surface area contributed by atoms with Crippen LogP contribution in [0.15, 0.2) is 27.6 Å². The molecule has 1 aromatic heterocycles. The van der Waals surface area contributed by atoms with Crippen LogP contribution >= 0.6 is 0 Å². The van der Waals surface area contributed by atoms with Gasteiger partial charge in [0.1, 0.15) is 12.3 Å². The normalized spacial score (nSPS) is 18.7. The van der Waals surface area contributed by atoms with Crippen molar-refractivity contribution < 1.29 is 14.0 Å². The van der Waals surface area contributed by atoms with Crippen LogP contribution in [0.1, 0.15) is 10.4 Å². The fourth-order valence-corrected chi connectivity index (χ4v) is 2.11. The van der Waals surface area contributed by atoms with E-state index >= 15 is 0 Å². The lowest BCUT2D eigenvalue weighted by atomic mass is 10.1. The van der Waals surface area contributed by atoms with Crippen molar-refractivity contribution in [1.82, 2.24) is 15.1 Å². The molecule has 1 fully saturated rings. The van der Waals surface area contributed by atoms with Gasteiger partial charge in [-0.05, 0) is 6.07 Å². The molecule has 1 atom stereocenters. The Morgan fingerprint density at radius 1 is 1.40 bits per heavy atom. The maximum absolute atomic E-state index is 12.4. The molecule has 1 aliphatic heterocycles. The third-order valence-corrected chi connectivity index (χ3v) is 3.18. The van der Waals surface area contributed by atoms with Crippen molar-refractivity contribution in [1.29, 1.82) is 0 Å². The van der Waals surface area contributed by atoms with Crippen molar-refractivity contribution in [2.75, 3.05) is 33.7 Å². The number of piperazine rings is 1. The highest BCUT2D eigenvalue weighted by Gasteiger charge is 2.33. The molecule has 1 aliphatic rings. The zero-order valence-corrected chi connectivity index (χ0v) is 11.5. The minimum absolute atomic E-state index is 0.136. The van der Waals surface area contributed by atoms with Crippen LogP contribution in [0.25, 0.3) is 0 Å². The van der Waals surface area contributed by atoms with Gasteiger partial charge in [-0.25, -0.2) is 4.79 Å². The molecule has 2 heterocycles. The van der Waals surface area contributed by atoms with Crippen molar-refractivity contribution in [3.63, 3.8) is 0 Å². The molecule has 0 aromatic carbocycles. The van der Waals surface area contributed by atoms with Gasteiger partial charge >= 0.3 is 5.63 Å². The van der Waals surface area contributed by atoms with Crippen LogP contribution in [-0.4, -0.2) is 61.4 Å². The lowest BCUT2D eigenvalue weighted by Crippen LogP contribution is -2.59. The Kier molecular flexibility index (Phi) is 4.19. The number of nitrogens with zero attached hydrogens (tertiary/aromatic N) is 2. The first-order valence-corrected chi connectivity index (χ1v) is 6.32. The molecule has 1 unspecified atom stereocenters. The number of hydrogen-bond donors (Lipinski definition) is 1. The van der Waals surface area contributed by atoms with Gasteiger partial charge in [0.15, 0.2) is 0 Å². The first kappa shape index (κ1) is 14.3. The summed E-state index contributed by atoms with van der Waals surface area (Å²) >= 11 is 0. The number of likely N-dealkylation sites (N-methyl/N-ethyl adjacent to an activating group) is 1. The maximum Gasteiger partial charge on any atom is 0.335 e. The highest BCUT2D eigenvalue weighted by atomic mass is 16.4. The molecule has 20 heavy (non-hydrogen) atoms. The molecule has 2 rings (SSSR count). The second-order valence-corrected chi connectivity index (χ2v) is 4.79. The second kappa shape index (κ2) is 5.87. The molecule has 7 heteroatoms. The van der Waals surface area contributed by atoms with E-state index in [0.717, 1.165) is 6.26 Å². The number of nitrogens with one attached hydrogen (secondary N) is 1. The predicted molar refractivity (Wildman–Crippen MR) is 71.4 cm³/mol. The van der Waals surface area contributed by atoms with Crippen molar-refractivity contribution in [2.45, 2.75) is 6.04 Å².